The summed E-state index contributed by atoms with van der Waals surface area (Å²) in [6, 6.07) is 0. The van der Waals surface area contributed by atoms with E-state index < -0.39 is 0 Å². The number of fused-ring (bicyclic) bond motifs is 1. The molecule has 152 valence electrons. The van der Waals surface area contributed by atoms with Crippen LogP contribution in [-0.4, -0.2) is 46.5 Å². The topological polar surface area (TPSA) is 76.4 Å². The molecule has 7 heteroatoms. The molecular weight excluding hydrogens is 340 g/mol. The Hall–Kier alpha value is -1.63. The van der Waals surface area contributed by atoms with E-state index in [1.807, 2.05) is 0 Å². The molecule has 27 heavy (non-hydrogen) atoms. The van der Waals surface area contributed by atoms with E-state index in [2.05, 4.69) is 32.3 Å². The van der Waals surface area contributed by atoms with Crippen LogP contribution in [0.3, 0.4) is 0 Å². The maximum Gasteiger partial charge on any atom is 0.191 e. The summed E-state index contributed by atoms with van der Waals surface area (Å²) in [6.45, 7) is 6.23. The number of aromatic nitrogens is 3. The predicted molar refractivity (Wildman–Crippen MR) is 108 cm³/mol. The van der Waals surface area contributed by atoms with Gasteiger partial charge in [-0.3, -0.25) is 0 Å². The van der Waals surface area contributed by atoms with Crippen molar-refractivity contribution in [3.63, 3.8) is 0 Å². The molecule has 0 spiro atoms. The highest BCUT2D eigenvalue weighted by Gasteiger charge is 2.15. The number of nitrogens with one attached hydrogen (secondary N) is 2. The Labute approximate surface area is 163 Å². The molecule has 2 N–H and O–H groups in total. The number of nitrogens with zero attached hydrogens (tertiary/aromatic N) is 4. The molecule has 0 bridgehead atoms. The van der Waals surface area contributed by atoms with Crippen molar-refractivity contribution in [3.8, 4) is 0 Å². The van der Waals surface area contributed by atoms with E-state index in [4.69, 9.17) is 9.73 Å². The minimum Gasteiger partial charge on any atom is -0.378 e. The Bertz CT molecular complexity index is 579. The van der Waals surface area contributed by atoms with Crippen LogP contribution in [0.1, 0.15) is 76.4 Å². The highest BCUT2D eigenvalue weighted by Crippen LogP contribution is 2.20. The van der Waals surface area contributed by atoms with Gasteiger partial charge in [0.15, 0.2) is 11.8 Å². The van der Waals surface area contributed by atoms with Crippen LogP contribution in [0.2, 0.25) is 0 Å². The normalized spacial score (nSPS) is 18.8. The van der Waals surface area contributed by atoms with Gasteiger partial charge in [-0.1, -0.05) is 25.7 Å². The van der Waals surface area contributed by atoms with Gasteiger partial charge in [0.1, 0.15) is 12.4 Å². The van der Waals surface area contributed by atoms with Gasteiger partial charge in [0, 0.05) is 32.7 Å². The SMILES string of the molecule is CCNC(=NCc1nnc2n1CCCCC2)NCCCOC1CCCCC1. The van der Waals surface area contributed by atoms with Crippen LogP contribution >= 0.6 is 0 Å². The number of hydrogen-bond donors (Lipinski definition) is 2. The van der Waals surface area contributed by atoms with Gasteiger partial charge in [0.2, 0.25) is 0 Å². The Balaban J connectivity index is 1.42. The van der Waals surface area contributed by atoms with E-state index in [1.54, 1.807) is 0 Å². The Morgan fingerprint density at radius 3 is 2.81 bits per heavy atom. The lowest BCUT2D eigenvalue weighted by Crippen LogP contribution is -2.38. The first-order chi connectivity index (χ1) is 13.4. The van der Waals surface area contributed by atoms with Crippen molar-refractivity contribution >= 4 is 5.96 Å². The van der Waals surface area contributed by atoms with Crippen molar-refractivity contribution in [1.29, 1.82) is 0 Å². The molecule has 0 unspecified atom stereocenters. The summed E-state index contributed by atoms with van der Waals surface area (Å²) >= 11 is 0. The summed E-state index contributed by atoms with van der Waals surface area (Å²) in [4.78, 5) is 4.71. The molecule has 0 amide bonds. The average Bonchev–Trinajstić information content (AvgIpc) is 2.92. The van der Waals surface area contributed by atoms with Crippen LogP contribution in [0, 0.1) is 0 Å². The fraction of sp³-hybridized carbons (Fsp3) is 0.850. The number of aryl methyl sites for hydroxylation is 1. The third kappa shape index (κ3) is 6.48. The van der Waals surface area contributed by atoms with Crippen molar-refractivity contribution in [2.24, 2.45) is 4.99 Å². The number of aliphatic imine (C=N–C) groups is 1. The van der Waals surface area contributed by atoms with Gasteiger partial charge in [-0.25, -0.2) is 4.99 Å². The second-order valence-electron chi connectivity index (χ2n) is 7.60. The minimum absolute atomic E-state index is 0.490. The second-order valence-corrected chi connectivity index (χ2v) is 7.60. The number of guanidine groups is 1. The highest BCUT2D eigenvalue weighted by molar-refractivity contribution is 5.79. The molecule has 3 rings (SSSR count). The zero-order valence-electron chi connectivity index (χ0n) is 16.9. The summed E-state index contributed by atoms with van der Waals surface area (Å²) in [5.74, 6) is 2.95. The van der Waals surface area contributed by atoms with Crippen LogP contribution in [0.25, 0.3) is 0 Å². The molecular formula is C20H36N6O. The van der Waals surface area contributed by atoms with Gasteiger partial charge in [0.05, 0.1) is 6.10 Å². The third-order valence-corrected chi connectivity index (χ3v) is 5.43. The van der Waals surface area contributed by atoms with Gasteiger partial charge in [-0.2, -0.15) is 0 Å². The van der Waals surface area contributed by atoms with Crippen molar-refractivity contribution in [3.05, 3.63) is 11.6 Å². The fourth-order valence-electron chi connectivity index (χ4n) is 3.91. The van der Waals surface area contributed by atoms with Gasteiger partial charge in [-0.15, -0.1) is 10.2 Å². The summed E-state index contributed by atoms with van der Waals surface area (Å²) < 4.78 is 8.26. The van der Waals surface area contributed by atoms with Crippen molar-refractivity contribution in [2.45, 2.75) is 90.3 Å². The van der Waals surface area contributed by atoms with Crippen LogP contribution in [-0.2, 0) is 24.2 Å². The predicted octanol–water partition coefficient (Wildman–Crippen LogP) is 2.80. The van der Waals surface area contributed by atoms with E-state index in [0.717, 1.165) is 56.7 Å². The van der Waals surface area contributed by atoms with E-state index in [9.17, 15) is 0 Å². The summed E-state index contributed by atoms with van der Waals surface area (Å²) in [5, 5.41) is 15.5. The van der Waals surface area contributed by atoms with Crippen LogP contribution in [0.15, 0.2) is 4.99 Å². The molecule has 1 saturated carbocycles. The first-order valence-electron chi connectivity index (χ1n) is 10.9. The third-order valence-electron chi connectivity index (χ3n) is 5.43. The van der Waals surface area contributed by atoms with Crippen molar-refractivity contribution < 1.29 is 4.74 Å². The summed E-state index contributed by atoms with van der Waals surface area (Å²) in [6.07, 6.45) is 12.7. The minimum atomic E-state index is 0.490. The molecule has 1 aromatic heterocycles. The molecule has 0 radical (unpaired) electrons. The quantitative estimate of drug-likeness (QED) is 0.414. The van der Waals surface area contributed by atoms with Crippen LogP contribution in [0.5, 0.6) is 0 Å². The lowest BCUT2D eigenvalue weighted by Gasteiger charge is -2.22. The molecule has 0 aromatic carbocycles. The molecule has 0 saturated heterocycles. The van der Waals surface area contributed by atoms with Crippen LogP contribution in [0.4, 0.5) is 0 Å². The lowest BCUT2D eigenvalue weighted by atomic mass is 9.98. The Kier molecular flexibility index (Phi) is 8.39. The van der Waals surface area contributed by atoms with Gasteiger partial charge in [0.25, 0.3) is 0 Å². The zero-order valence-corrected chi connectivity index (χ0v) is 16.9. The van der Waals surface area contributed by atoms with Gasteiger partial charge in [-0.05, 0) is 39.0 Å². The standard InChI is InChI=1S/C20H36N6O/c1-2-21-20(22-13-9-15-27-17-10-5-3-6-11-17)23-16-19-25-24-18-12-7-4-8-14-26(18)19/h17H,2-16H2,1H3,(H2,21,22,23). The maximum atomic E-state index is 6.00. The molecule has 0 atom stereocenters. The fourth-order valence-corrected chi connectivity index (χ4v) is 3.91. The van der Waals surface area contributed by atoms with Gasteiger partial charge >= 0.3 is 0 Å². The number of hydrogen-bond acceptors (Lipinski definition) is 4. The molecule has 2 heterocycles. The van der Waals surface area contributed by atoms with E-state index in [1.165, 1.54) is 51.4 Å². The molecule has 1 aliphatic carbocycles. The summed E-state index contributed by atoms with van der Waals surface area (Å²) in [5.41, 5.74) is 0. The monoisotopic (exact) mass is 376 g/mol. The molecule has 2 aliphatic rings. The molecule has 1 fully saturated rings. The first-order valence-corrected chi connectivity index (χ1v) is 10.9. The molecule has 1 aromatic rings. The highest BCUT2D eigenvalue weighted by atomic mass is 16.5. The smallest absolute Gasteiger partial charge is 0.191 e. The van der Waals surface area contributed by atoms with Crippen molar-refractivity contribution in [2.75, 3.05) is 19.7 Å². The van der Waals surface area contributed by atoms with E-state index in [-0.39, 0.29) is 0 Å². The van der Waals surface area contributed by atoms with E-state index in [0.29, 0.717) is 12.6 Å². The van der Waals surface area contributed by atoms with Gasteiger partial charge < -0.3 is 19.9 Å². The molecule has 1 aliphatic heterocycles. The van der Waals surface area contributed by atoms with Crippen molar-refractivity contribution in [1.82, 2.24) is 25.4 Å². The largest absolute Gasteiger partial charge is 0.378 e. The maximum absolute atomic E-state index is 6.00. The van der Waals surface area contributed by atoms with Crippen LogP contribution < -0.4 is 10.6 Å². The average molecular weight is 377 g/mol. The second kappa shape index (κ2) is 11.3. The number of ether oxygens (including phenoxy) is 1. The summed E-state index contributed by atoms with van der Waals surface area (Å²) in [7, 11) is 0. The first kappa shape index (κ1) is 20.1. The number of rotatable bonds is 8. The van der Waals surface area contributed by atoms with E-state index >= 15 is 0 Å². The Morgan fingerprint density at radius 2 is 1.96 bits per heavy atom. The lowest BCUT2D eigenvalue weighted by molar-refractivity contribution is 0.0277. The Morgan fingerprint density at radius 1 is 1.11 bits per heavy atom. The molecule has 7 nitrogen and oxygen atoms in total. The zero-order chi connectivity index (χ0) is 18.7.